The van der Waals surface area contributed by atoms with Crippen LogP contribution in [0.25, 0.3) is 10.9 Å². The van der Waals surface area contributed by atoms with Crippen molar-refractivity contribution < 1.29 is 4.74 Å². The molecule has 0 aliphatic carbocycles. The molecule has 1 aliphatic heterocycles. The van der Waals surface area contributed by atoms with Gasteiger partial charge in [-0.25, -0.2) is 4.99 Å². The first kappa shape index (κ1) is 14.5. The Kier molecular flexibility index (Phi) is 3.54. The molecule has 6 nitrogen and oxygen atoms in total. The zero-order valence-corrected chi connectivity index (χ0v) is 12.8. The molecule has 6 N–H and O–H groups in total. The smallest absolute Gasteiger partial charge is 0.184 e. The number of aliphatic imine (C=N–C) groups is 1. The monoisotopic (exact) mass is 299 g/mol. The van der Waals surface area contributed by atoms with Crippen molar-refractivity contribution >= 4 is 16.7 Å². The van der Waals surface area contributed by atoms with Gasteiger partial charge in [0.05, 0.1) is 7.11 Å². The molecule has 1 aliphatic rings. The van der Waals surface area contributed by atoms with Gasteiger partial charge in [0.1, 0.15) is 11.6 Å². The van der Waals surface area contributed by atoms with Gasteiger partial charge in [-0.05, 0) is 43.2 Å². The molecular weight excluding hydrogens is 278 g/mol. The van der Waals surface area contributed by atoms with Crippen LogP contribution in [0.2, 0.25) is 0 Å². The third-order valence-corrected chi connectivity index (χ3v) is 3.86. The van der Waals surface area contributed by atoms with Crippen molar-refractivity contribution in [2.24, 2.45) is 16.5 Å². The number of amidine groups is 1. The SMILES string of the molecule is COc1ccc2[nH]cc(CCC3(N)N=C(N)C=C(C)N3)c2c1. The van der Waals surface area contributed by atoms with Gasteiger partial charge in [-0.3, -0.25) is 5.73 Å². The summed E-state index contributed by atoms with van der Waals surface area (Å²) in [4.78, 5) is 7.60. The summed E-state index contributed by atoms with van der Waals surface area (Å²) < 4.78 is 5.29. The molecule has 1 aromatic heterocycles. The van der Waals surface area contributed by atoms with Crippen molar-refractivity contribution in [1.29, 1.82) is 0 Å². The maximum Gasteiger partial charge on any atom is 0.184 e. The zero-order chi connectivity index (χ0) is 15.7. The minimum Gasteiger partial charge on any atom is -0.497 e. The van der Waals surface area contributed by atoms with E-state index in [1.165, 1.54) is 5.56 Å². The topological polar surface area (TPSA) is 101 Å². The molecule has 1 atom stereocenters. The highest BCUT2D eigenvalue weighted by Crippen LogP contribution is 2.26. The molecule has 6 heteroatoms. The third kappa shape index (κ3) is 2.78. The minimum absolute atomic E-state index is 0.458. The van der Waals surface area contributed by atoms with E-state index in [0.29, 0.717) is 12.3 Å². The number of methoxy groups -OCH3 is 1. The molecule has 2 aromatic rings. The number of nitrogens with zero attached hydrogens (tertiary/aromatic N) is 1. The molecule has 3 rings (SSSR count). The predicted octanol–water partition coefficient (Wildman–Crippen LogP) is 1.59. The average molecular weight is 299 g/mol. The van der Waals surface area contributed by atoms with E-state index in [2.05, 4.69) is 15.3 Å². The van der Waals surface area contributed by atoms with Gasteiger partial charge in [0, 0.05) is 29.2 Å². The number of aromatic nitrogens is 1. The molecule has 0 radical (unpaired) electrons. The number of aryl methyl sites for hydroxylation is 1. The van der Waals surface area contributed by atoms with E-state index in [4.69, 9.17) is 16.2 Å². The Morgan fingerprint density at radius 3 is 2.91 bits per heavy atom. The standard InChI is InChI=1S/C16H21N5O/c1-10-7-15(17)21-16(18,20-10)6-5-11-9-19-14-4-3-12(22-2)8-13(11)14/h3-4,7-9,19-20H,5-6,18H2,1-2H3,(H2,17,21). The van der Waals surface area contributed by atoms with Crippen LogP contribution in [0.15, 0.2) is 41.2 Å². The van der Waals surface area contributed by atoms with Gasteiger partial charge in [0.15, 0.2) is 5.79 Å². The summed E-state index contributed by atoms with van der Waals surface area (Å²) in [6, 6.07) is 5.98. The Morgan fingerprint density at radius 1 is 1.36 bits per heavy atom. The van der Waals surface area contributed by atoms with Crippen LogP contribution >= 0.6 is 0 Å². The Balaban J connectivity index is 1.81. The lowest BCUT2D eigenvalue weighted by Gasteiger charge is -2.31. The largest absolute Gasteiger partial charge is 0.497 e. The van der Waals surface area contributed by atoms with Crippen LogP contribution in [0.4, 0.5) is 0 Å². The second kappa shape index (κ2) is 5.38. The van der Waals surface area contributed by atoms with E-state index in [0.717, 1.165) is 28.8 Å². The van der Waals surface area contributed by atoms with Gasteiger partial charge < -0.3 is 20.8 Å². The van der Waals surface area contributed by atoms with Crippen LogP contribution in [0.1, 0.15) is 18.9 Å². The molecule has 0 fully saturated rings. The number of allylic oxidation sites excluding steroid dienone is 1. The summed E-state index contributed by atoms with van der Waals surface area (Å²) in [6.45, 7) is 1.93. The van der Waals surface area contributed by atoms with Crippen LogP contribution in [-0.2, 0) is 6.42 Å². The first-order chi connectivity index (χ1) is 10.5. The van der Waals surface area contributed by atoms with Crippen molar-refractivity contribution in [2.75, 3.05) is 7.11 Å². The first-order valence-corrected chi connectivity index (χ1v) is 7.24. The summed E-state index contributed by atoms with van der Waals surface area (Å²) in [6.07, 6.45) is 5.21. The Labute approximate surface area is 129 Å². The highest BCUT2D eigenvalue weighted by Gasteiger charge is 2.26. The number of nitrogens with two attached hydrogens (primary N) is 2. The van der Waals surface area contributed by atoms with Gasteiger partial charge in [-0.15, -0.1) is 0 Å². The quantitative estimate of drug-likeness (QED) is 0.688. The fraction of sp³-hybridized carbons (Fsp3) is 0.312. The fourth-order valence-electron chi connectivity index (χ4n) is 2.82. The molecule has 0 bridgehead atoms. The maximum absolute atomic E-state index is 6.30. The number of aromatic amines is 1. The molecule has 2 heterocycles. The molecule has 0 spiro atoms. The average Bonchev–Trinajstić information content (AvgIpc) is 2.86. The van der Waals surface area contributed by atoms with Crippen molar-refractivity contribution in [3.8, 4) is 5.75 Å². The van der Waals surface area contributed by atoms with Crippen molar-refractivity contribution in [3.63, 3.8) is 0 Å². The van der Waals surface area contributed by atoms with E-state index >= 15 is 0 Å². The number of rotatable bonds is 4. The van der Waals surface area contributed by atoms with Gasteiger partial charge in [-0.2, -0.15) is 0 Å². The number of hydrogen-bond acceptors (Lipinski definition) is 5. The first-order valence-electron chi connectivity index (χ1n) is 7.24. The van der Waals surface area contributed by atoms with Gasteiger partial charge in [-0.1, -0.05) is 0 Å². The van der Waals surface area contributed by atoms with Crippen molar-refractivity contribution in [2.45, 2.75) is 25.6 Å². The lowest BCUT2D eigenvalue weighted by molar-refractivity contribution is 0.352. The molecular formula is C16H21N5O. The van der Waals surface area contributed by atoms with Crippen molar-refractivity contribution in [1.82, 2.24) is 10.3 Å². The van der Waals surface area contributed by atoms with Crippen LogP contribution in [0.3, 0.4) is 0 Å². The molecule has 22 heavy (non-hydrogen) atoms. The van der Waals surface area contributed by atoms with Gasteiger partial charge in [0.2, 0.25) is 0 Å². The Bertz CT molecular complexity index is 761. The molecule has 0 saturated carbocycles. The van der Waals surface area contributed by atoms with Crippen LogP contribution < -0.4 is 21.5 Å². The van der Waals surface area contributed by atoms with E-state index in [1.807, 2.05) is 31.3 Å². The molecule has 0 amide bonds. The maximum atomic E-state index is 6.30. The Morgan fingerprint density at radius 2 is 2.18 bits per heavy atom. The minimum atomic E-state index is -0.856. The third-order valence-electron chi connectivity index (χ3n) is 3.86. The number of H-pyrrole nitrogens is 1. The van der Waals surface area contributed by atoms with Crippen molar-refractivity contribution in [3.05, 3.63) is 41.7 Å². The summed E-state index contributed by atoms with van der Waals surface area (Å²) in [5.74, 6) is 0.442. The predicted molar refractivity (Wildman–Crippen MR) is 88.6 cm³/mol. The number of nitrogens with one attached hydrogen (secondary N) is 2. The van der Waals surface area contributed by atoms with E-state index in [9.17, 15) is 0 Å². The summed E-state index contributed by atoms with van der Waals surface area (Å²) >= 11 is 0. The number of hydrogen-bond donors (Lipinski definition) is 4. The molecule has 1 aromatic carbocycles. The lowest BCUT2D eigenvalue weighted by atomic mass is 10.0. The molecule has 116 valence electrons. The number of fused-ring (bicyclic) bond motifs is 1. The van der Waals surface area contributed by atoms with Gasteiger partial charge in [0.25, 0.3) is 0 Å². The van der Waals surface area contributed by atoms with E-state index in [1.54, 1.807) is 13.2 Å². The second-order valence-electron chi connectivity index (χ2n) is 5.64. The van der Waals surface area contributed by atoms with Crippen LogP contribution in [-0.4, -0.2) is 23.7 Å². The lowest BCUT2D eigenvalue weighted by Crippen LogP contribution is -2.54. The van der Waals surface area contributed by atoms with Crippen LogP contribution in [0.5, 0.6) is 5.75 Å². The number of ether oxygens (including phenoxy) is 1. The summed E-state index contributed by atoms with van der Waals surface area (Å²) in [5, 5.41) is 4.33. The van der Waals surface area contributed by atoms with E-state index in [-0.39, 0.29) is 0 Å². The second-order valence-corrected chi connectivity index (χ2v) is 5.64. The number of benzene rings is 1. The van der Waals surface area contributed by atoms with E-state index < -0.39 is 5.79 Å². The summed E-state index contributed by atoms with van der Waals surface area (Å²) in [7, 11) is 1.67. The Hall–Kier alpha value is -2.47. The zero-order valence-electron chi connectivity index (χ0n) is 12.8. The molecule has 1 unspecified atom stereocenters. The van der Waals surface area contributed by atoms with Crippen LogP contribution in [0, 0.1) is 0 Å². The highest BCUT2D eigenvalue weighted by atomic mass is 16.5. The molecule has 0 saturated heterocycles. The fourth-order valence-corrected chi connectivity index (χ4v) is 2.82. The normalized spacial score (nSPS) is 21.2. The van der Waals surface area contributed by atoms with Gasteiger partial charge >= 0.3 is 0 Å². The summed E-state index contributed by atoms with van der Waals surface area (Å²) in [5.41, 5.74) is 15.3. The highest BCUT2D eigenvalue weighted by molar-refractivity contribution is 5.93.